The Labute approximate surface area is 110 Å². The van der Waals surface area contributed by atoms with Gasteiger partial charge >= 0.3 is 0 Å². The summed E-state index contributed by atoms with van der Waals surface area (Å²) in [5.41, 5.74) is 6.85. The van der Waals surface area contributed by atoms with E-state index in [2.05, 4.69) is 15.9 Å². The van der Waals surface area contributed by atoms with Gasteiger partial charge in [0.2, 0.25) is 0 Å². The average Bonchev–Trinajstić information content (AvgIpc) is 2.31. The Morgan fingerprint density at radius 3 is 2.71 bits per heavy atom. The number of methoxy groups -OCH3 is 1. The van der Waals surface area contributed by atoms with Crippen molar-refractivity contribution in [2.45, 2.75) is 19.4 Å². The first-order chi connectivity index (χ1) is 8.13. The summed E-state index contributed by atoms with van der Waals surface area (Å²) in [6, 6.07) is 3.53. The Hall–Kier alpha value is -0.780. The summed E-state index contributed by atoms with van der Waals surface area (Å²) >= 11 is 3.44. The van der Waals surface area contributed by atoms with E-state index < -0.39 is 0 Å². The molecular weight excluding hydrogens is 286 g/mol. The molecule has 0 spiro atoms. The van der Waals surface area contributed by atoms with Crippen LogP contribution in [0.5, 0.6) is 11.5 Å². The summed E-state index contributed by atoms with van der Waals surface area (Å²) in [5.74, 6) is 1.32. The van der Waals surface area contributed by atoms with Gasteiger partial charge in [-0.15, -0.1) is 0 Å². The van der Waals surface area contributed by atoms with Crippen molar-refractivity contribution in [3.63, 3.8) is 0 Å². The highest BCUT2D eigenvalue weighted by molar-refractivity contribution is 9.10. The third-order valence-corrected chi connectivity index (χ3v) is 3.00. The Bertz CT molecular complexity index is 371. The predicted molar refractivity (Wildman–Crippen MR) is 70.5 cm³/mol. The van der Waals surface area contributed by atoms with Crippen LogP contribution in [0.25, 0.3) is 0 Å². The number of rotatable bonds is 6. The van der Waals surface area contributed by atoms with Gasteiger partial charge in [0, 0.05) is 12.6 Å². The van der Waals surface area contributed by atoms with Gasteiger partial charge in [0.1, 0.15) is 0 Å². The van der Waals surface area contributed by atoms with Gasteiger partial charge in [-0.05, 0) is 47.0 Å². The summed E-state index contributed by atoms with van der Waals surface area (Å²) < 4.78 is 11.6. The fourth-order valence-corrected chi connectivity index (χ4v) is 2.12. The van der Waals surface area contributed by atoms with Crippen molar-refractivity contribution < 1.29 is 14.6 Å². The van der Waals surface area contributed by atoms with Crippen molar-refractivity contribution in [1.82, 2.24) is 0 Å². The van der Waals surface area contributed by atoms with Crippen LogP contribution in [0, 0.1) is 0 Å². The van der Waals surface area contributed by atoms with Gasteiger partial charge in [-0.2, -0.15) is 0 Å². The number of halogens is 1. The highest BCUT2D eigenvalue weighted by atomic mass is 79.9. The molecule has 0 radical (unpaired) electrons. The van der Waals surface area contributed by atoms with Crippen molar-refractivity contribution in [1.29, 1.82) is 0 Å². The topological polar surface area (TPSA) is 64.7 Å². The zero-order valence-corrected chi connectivity index (χ0v) is 11.7. The van der Waals surface area contributed by atoms with Crippen molar-refractivity contribution in [2.24, 2.45) is 5.73 Å². The molecular formula is C12H18BrNO3. The molecule has 1 aromatic rings. The minimum atomic E-state index is -0.208. The molecule has 3 N–H and O–H groups in total. The largest absolute Gasteiger partial charge is 0.493 e. The van der Waals surface area contributed by atoms with E-state index in [1.807, 2.05) is 19.1 Å². The van der Waals surface area contributed by atoms with Crippen molar-refractivity contribution >= 4 is 15.9 Å². The van der Waals surface area contributed by atoms with Gasteiger partial charge < -0.3 is 20.3 Å². The lowest BCUT2D eigenvalue weighted by Gasteiger charge is -2.16. The molecule has 17 heavy (non-hydrogen) atoms. The first-order valence-corrected chi connectivity index (χ1v) is 6.30. The molecule has 0 amide bonds. The fourth-order valence-electron chi connectivity index (χ4n) is 1.54. The number of nitrogens with two attached hydrogens (primary N) is 1. The number of ether oxygens (including phenoxy) is 2. The zero-order valence-electron chi connectivity index (χ0n) is 10.1. The van der Waals surface area contributed by atoms with Crippen LogP contribution in [0.2, 0.25) is 0 Å². The van der Waals surface area contributed by atoms with Gasteiger partial charge in [0.05, 0.1) is 18.2 Å². The maximum absolute atomic E-state index is 8.88. The minimum absolute atomic E-state index is 0.0638. The monoisotopic (exact) mass is 303 g/mol. The Morgan fingerprint density at radius 2 is 2.18 bits per heavy atom. The number of hydrogen-bond donors (Lipinski definition) is 2. The molecule has 4 nitrogen and oxygen atoms in total. The molecule has 0 heterocycles. The molecule has 0 saturated carbocycles. The summed E-state index contributed by atoms with van der Waals surface area (Å²) in [4.78, 5) is 0. The highest BCUT2D eigenvalue weighted by Gasteiger charge is 2.14. The van der Waals surface area contributed by atoms with Crippen molar-refractivity contribution in [2.75, 3.05) is 20.3 Å². The minimum Gasteiger partial charge on any atom is -0.493 e. The number of aliphatic hydroxyl groups is 1. The van der Waals surface area contributed by atoms with Crippen LogP contribution >= 0.6 is 15.9 Å². The number of hydrogen-bond acceptors (Lipinski definition) is 4. The molecule has 0 aliphatic rings. The van der Waals surface area contributed by atoms with Crippen LogP contribution in [0.15, 0.2) is 16.6 Å². The third-order valence-electron chi connectivity index (χ3n) is 2.41. The Balaban J connectivity index is 3.07. The van der Waals surface area contributed by atoms with E-state index in [-0.39, 0.29) is 12.6 Å². The van der Waals surface area contributed by atoms with Crippen LogP contribution in [0.3, 0.4) is 0 Å². The molecule has 0 unspecified atom stereocenters. The quantitative estimate of drug-likeness (QED) is 0.846. The molecule has 0 aliphatic carbocycles. The van der Waals surface area contributed by atoms with E-state index in [0.717, 1.165) is 10.0 Å². The van der Waals surface area contributed by atoms with Crippen LogP contribution in [0.4, 0.5) is 0 Å². The van der Waals surface area contributed by atoms with Gasteiger partial charge in [-0.3, -0.25) is 0 Å². The molecule has 1 rings (SSSR count). The van der Waals surface area contributed by atoms with Gasteiger partial charge in [-0.25, -0.2) is 0 Å². The second-order valence-electron chi connectivity index (χ2n) is 3.59. The molecule has 0 bridgehead atoms. The summed E-state index contributed by atoms with van der Waals surface area (Å²) in [7, 11) is 1.59. The molecule has 5 heteroatoms. The lowest BCUT2D eigenvalue weighted by atomic mass is 10.0. The van der Waals surface area contributed by atoms with Crippen molar-refractivity contribution in [3.8, 4) is 11.5 Å². The van der Waals surface area contributed by atoms with Crippen LogP contribution in [-0.4, -0.2) is 25.4 Å². The first kappa shape index (κ1) is 14.3. The summed E-state index contributed by atoms with van der Waals surface area (Å²) in [6.45, 7) is 2.54. The van der Waals surface area contributed by atoms with Crippen LogP contribution in [0.1, 0.15) is 24.9 Å². The lowest BCUT2D eigenvalue weighted by molar-refractivity contribution is 0.276. The maximum Gasteiger partial charge on any atom is 0.175 e. The smallest absolute Gasteiger partial charge is 0.175 e. The van der Waals surface area contributed by atoms with Crippen molar-refractivity contribution in [3.05, 3.63) is 22.2 Å². The van der Waals surface area contributed by atoms with Crippen LogP contribution in [-0.2, 0) is 0 Å². The van der Waals surface area contributed by atoms with Gasteiger partial charge in [-0.1, -0.05) is 0 Å². The van der Waals surface area contributed by atoms with E-state index in [0.29, 0.717) is 24.5 Å². The van der Waals surface area contributed by atoms with E-state index >= 15 is 0 Å². The van der Waals surface area contributed by atoms with E-state index in [1.165, 1.54) is 0 Å². The summed E-state index contributed by atoms with van der Waals surface area (Å²) in [6.07, 6.45) is 0.517. The third kappa shape index (κ3) is 3.59. The molecule has 1 aromatic carbocycles. The first-order valence-electron chi connectivity index (χ1n) is 5.50. The molecule has 0 fully saturated rings. The molecule has 1 atom stereocenters. The molecule has 96 valence electrons. The Kier molecular flexibility index (Phi) is 5.74. The molecule has 0 aliphatic heterocycles. The van der Waals surface area contributed by atoms with E-state index in [9.17, 15) is 0 Å². The lowest BCUT2D eigenvalue weighted by Crippen LogP contribution is -2.12. The Morgan fingerprint density at radius 1 is 1.47 bits per heavy atom. The predicted octanol–water partition coefficient (Wildman–Crippen LogP) is 2.24. The van der Waals surface area contributed by atoms with E-state index in [1.54, 1.807) is 7.11 Å². The second kappa shape index (κ2) is 6.83. The standard InChI is InChI=1S/C12H18BrNO3/c1-3-17-12-9(13)6-8(7-11(12)16-2)10(14)4-5-15/h6-7,10,15H,3-5,14H2,1-2H3/t10-/m0/s1. The highest BCUT2D eigenvalue weighted by Crippen LogP contribution is 2.38. The number of benzene rings is 1. The van der Waals surface area contributed by atoms with E-state index in [4.69, 9.17) is 20.3 Å². The fraction of sp³-hybridized carbons (Fsp3) is 0.500. The average molecular weight is 304 g/mol. The van der Waals surface area contributed by atoms with Gasteiger partial charge in [0.25, 0.3) is 0 Å². The van der Waals surface area contributed by atoms with Gasteiger partial charge in [0.15, 0.2) is 11.5 Å². The molecule has 0 aromatic heterocycles. The zero-order chi connectivity index (χ0) is 12.8. The summed E-state index contributed by atoms with van der Waals surface area (Å²) in [5, 5.41) is 8.88. The SMILES string of the molecule is CCOc1c(Br)cc([C@@H](N)CCO)cc1OC. The normalized spacial score (nSPS) is 12.3. The second-order valence-corrected chi connectivity index (χ2v) is 4.44. The number of aliphatic hydroxyl groups excluding tert-OH is 1. The maximum atomic E-state index is 8.88. The molecule has 0 saturated heterocycles. The van der Waals surface area contributed by atoms with Crippen LogP contribution < -0.4 is 15.2 Å².